The smallest absolute Gasteiger partial charge is 0.231 e. The summed E-state index contributed by atoms with van der Waals surface area (Å²) >= 11 is 0. The van der Waals surface area contributed by atoms with Crippen molar-refractivity contribution in [2.45, 2.75) is 13.5 Å². The summed E-state index contributed by atoms with van der Waals surface area (Å²) in [6.07, 6.45) is 0. The zero-order valence-electron chi connectivity index (χ0n) is 13.5. The number of anilines is 1. The minimum Gasteiger partial charge on any atom is -0.489 e. The number of ether oxygens (including phenoxy) is 3. The normalized spacial score (nSPS) is 13.4. The Morgan fingerprint density at radius 2 is 2.08 bits per heavy atom. The van der Waals surface area contributed by atoms with Crippen molar-refractivity contribution in [3.63, 3.8) is 0 Å². The highest BCUT2D eigenvalue weighted by molar-refractivity contribution is 5.92. The van der Waals surface area contributed by atoms with Crippen molar-refractivity contribution in [3.05, 3.63) is 48.0 Å². The average molecular weight is 328 g/mol. The molecule has 0 spiro atoms. The molecule has 0 aromatic heterocycles. The predicted octanol–water partition coefficient (Wildman–Crippen LogP) is 2.53. The minimum absolute atomic E-state index is 0.0914. The highest BCUT2D eigenvalue weighted by Gasteiger charge is 2.14. The summed E-state index contributed by atoms with van der Waals surface area (Å²) in [5, 5.41) is 2.85. The van der Waals surface area contributed by atoms with Crippen LogP contribution in [0.2, 0.25) is 0 Å². The number of carbonyl (C=O) groups is 1. The molecule has 24 heavy (non-hydrogen) atoms. The second kappa shape index (κ2) is 7.23. The molecule has 1 amide bonds. The first-order chi connectivity index (χ1) is 11.7. The molecule has 3 N–H and O–H groups in total. The van der Waals surface area contributed by atoms with Crippen molar-refractivity contribution in [1.82, 2.24) is 0 Å². The number of nitrogens with two attached hydrogens (primary N) is 1. The van der Waals surface area contributed by atoms with Crippen LogP contribution in [0.3, 0.4) is 0 Å². The van der Waals surface area contributed by atoms with Crippen molar-refractivity contribution < 1.29 is 19.0 Å². The number of amides is 1. The number of nitrogens with one attached hydrogen (secondary N) is 1. The van der Waals surface area contributed by atoms with Crippen LogP contribution in [0, 0.1) is 5.92 Å². The zero-order valence-corrected chi connectivity index (χ0v) is 13.5. The number of rotatable bonds is 6. The van der Waals surface area contributed by atoms with E-state index < -0.39 is 0 Å². The number of hydrogen-bond acceptors (Lipinski definition) is 5. The van der Waals surface area contributed by atoms with E-state index in [1.807, 2.05) is 36.4 Å². The molecule has 6 heteroatoms. The monoisotopic (exact) mass is 328 g/mol. The van der Waals surface area contributed by atoms with Gasteiger partial charge in [0.25, 0.3) is 0 Å². The van der Waals surface area contributed by atoms with Gasteiger partial charge in [-0.3, -0.25) is 4.79 Å². The topological polar surface area (TPSA) is 82.8 Å². The first kappa shape index (κ1) is 16.1. The van der Waals surface area contributed by atoms with Crippen LogP contribution < -0.4 is 25.3 Å². The highest BCUT2D eigenvalue weighted by atomic mass is 16.7. The molecule has 0 saturated carbocycles. The van der Waals surface area contributed by atoms with Crippen molar-refractivity contribution in [1.29, 1.82) is 0 Å². The van der Waals surface area contributed by atoms with Gasteiger partial charge < -0.3 is 25.3 Å². The maximum atomic E-state index is 11.9. The SMILES string of the molecule is CC(CN)C(=O)Nc1cccc(COc2ccc3c(c2)OCO3)c1. The van der Waals surface area contributed by atoms with Crippen LogP contribution in [0.5, 0.6) is 17.2 Å². The molecule has 0 fully saturated rings. The van der Waals surface area contributed by atoms with Crippen molar-refractivity contribution in [3.8, 4) is 17.2 Å². The Bertz CT molecular complexity index is 733. The molecular formula is C18H20N2O4. The van der Waals surface area contributed by atoms with E-state index in [2.05, 4.69) is 5.32 Å². The van der Waals surface area contributed by atoms with Gasteiger partial charge in [-0.1, -0.05) is 19.1 Å². The molecule has 2 aromatic carbocycles. The number of hydrogen-bond donors (Lipinski definition) is 2. The third-order valence-electron chi connectivity index (χ3n) is 3.75. The highest BCUT2D eigenvalue weighted by Crippen LogP contribution is 2.35. The van der Waals surface area contributed by atoms with Crippen LogP contribution in [0.15, 0.2) is 42.5 Å². The Morgan fingerprint density at radius 1 is 1.25 bits per heavy atom. The average Bonchev–Trinajstić information content (AvgIpc) is 3.07. The molecule has 0 aliphatic carbocycles. The van der Waals surface area contributed by atoms with E-state index in [9.17, 15) is 4.79 Å². The quantitative estimate of drug-likeness (QED) is 0.851. The van der Waals surface area contributed by atoms with Gasteiger partial charge in [-0.25, -0.2) is 0 Å². The van der Waals surface area contributed by atoms with Gasteiger partial charge in [-0.15, -0.1) is 0 Å². The fourth-order valence-electron chi connectivity index (χ4n) is 2.24. The van der Waals surface area contributed by atoms with E-state index in [4.69, 9.17) is 19.9 Å². The van der Waals surface area contributed by atoms with E-state index in [1.54, 1.807) is 13.0 Å². The van der Waals surface area contributed by atoms with E-state index in [-0.39, 0.29) is 18.6 Å². The summed E-state index contributed by atoms with van der Waals surface area (Å²) in [5.74, 6) is 1.79. The molecule has 6 nitrogen and oxygen atoms in total. The lowest BCUT2D eigenvalue weighted by Crippen LogP contribution is -2.26. The van der Waals surface area contributed by atoms with Crippen LogP contribution in [0.25, 0.3) is 0 Å². The Labute approximate surface area is 140 Å². The molecule has 1 aliphatic heterocycles. The molecule has 3 rings (SSSR count). The maximum absolute atomic E-state index is 11.9. The molecule has 126 valence electrons. The lowest BCUT2D eigenvalue weighted by atomic mass is 10.1. The first-order valence-electron chi connectivity index (χ1n) is 7.78. The van der Waals surface area contributed by atoms with E-state index in [0.717, 1.165) is 17.0 Å². The number of benzene rings is 2. The molecule has 0 radical (unpaired) electrons. The third-order valence-corrected chi connectivity index (χ3v) is 3.75. The Hall–Kier alpha value is -2.73. The van der Waals surface area contributed by atoms with Gasteiger partial charge in [0, 0.05) is 24.2 Å². The van der Waals surface area contributed by atoms with Crippen LogP contribution in [0.4, 0.5) is 5.69 Å². The summed E-state index contributed by atoms with van der Waals surface area (Å²) < 4.78 is 16.4. The largest absolute Gasteiger partial charge is 0.489 e. The van der Waals surface area contributed by atoms with E-state index in [0.29, 0.717) is 24.7 Å². The Kier molecular flexibility index (Phi) is 4.86. The number of fused-ring (bicyclic) bond motifs is 1. The van der Waals surface area contributed by atoms with Crippen LogP contribution in [-0.2, 0) is 11.4 Å². The van der Waals surface area contributed by atoms with Crippen LogP contribution in [0.1, 0.15) is 12.5 Å². The van der Waals surface area contributed by atoms with Gasteiger partial charge in [0.15, 0.2) is 11.5 Å². The van der Waals surface area contributed by atoms with Crippen LogP contribution in [-0.4, -0.2) is 19.2 Å². The van der Waals surface area contributed by atoms with Crippen molar-refractivity contribution in [2.75, 3.05) is 18.7 Å². The lowest BCUT2D eigenvalue weighted by Gasteiger charge is -2.12. The second-order valence-corrected chi connectivity index (χ2v) is 5.63. The molecule has 0 bridgehead atoms. The zero-order chi connectivity index (χ0) is 16.9. The molecule has 1 aliphatic rings. The van der Waals surface area contributed by atoms with Gasteiger partial charge in [0.05, 0.1) is 0 Å². The number of carbonyl (C=O) groups excluding carboxylic acids is 1. The van der Waals surface area contributed by atoms with Crippen molar-refractivity contribution in [2.24, 2.45) is 11.7 Å². The second-order valence-electron chi connectivity index (χ2n) is 5.63. The van der Waals surface area contributed by atoms with Gasteiger partial charge in [0.1, 0.15) is 12.4 Å². The third kappa shape index (κ3) is 3.78. The summed E-state index contributed by atoms with van der Waals surface area (Å²) in [6, 6.07) is 13.0. The summed E-state index contributed by atoms with van der Waals surface area (Å²) in [7, 11) is 0. The fourth-order valence-corrected chi connectivity index (χ4v) is 2.24. The Balaban J connectivity index is 1.61. The minimum atomic E-state index is -0.224. The predicted molar refractivity (Wildman–Crippen MR) is 90.2 cm³/mol. The molecule has 2 aromatic rings. The Morgan fingerprint density at radius 3 is 2.92 bits per heavy atom. The van der Waals surface area contributed by atoms with Crippen molar-refractivity contribution >= 4 is 11.6 Å². The van der Waals surface area contributed by atoms with E-state index >= 15 is 0 Å². The standard InChI is InChI=1S/C18H20N2O4/c1-12(9-19)18(21)20-14-4-2-3-13(7-14)10-22-15-5-6-16-17(8-15)24-11-23-16/h2-8,12H,9-11,19H2,1H3,(H,20,21). The van der Waals surface area contributed by atoms with Gasteiger partial charge in [-0.05, 0) is 29.8 Å². The first-order valence-corrected chi connectivity index (χ1v) is 7.78. The lowest BCUT2D eigenvalue weighted by molar-refractivity contribution is -0.119. The molecule has 1 atom stereocenters. The summed E-state index contributed by atoms with van der Waals surface area (Å²) in [5.41, 5.74) is 7.19. The van der Waals surface area contributed by atoms with Gasteiger partial charge >= 0.3 is 0 Å². The van der Waals surface area contributed by atoms with Crippen LogP contribution >= 0.6 is 0 Å². The molecule has 1 heterocycles. The fraction of sp³-hybridized carbons (Fsp3) is 0.278. The van der Waals surface area contributed by atoms with Gasteiger partial charge in [0.2, 0.25) is 12.7 Å². The molecular weight excluding hydrogens is 308 g/mol. The maximum Gasteiger partial charge on any atom is 0.231 e. The molecule has 1 unspecified atom stereocenters. The summed E-state index contributed by atoms with van der Waals surface area (Å²) in [6.45, 7) is 2.73. The van der Waals surface area contributed by atoms with E-state index in [1.165, 1.54) is 0 Å². The summed E-state index contributed by atoms with van der Waals surface area (Å²) in [4.78, 5) is 11.9. The van der Waals surface area contributed by atoms with Gasteiger partial charge in [-0.2, -0.15) is 0 Å². The molecule has 0 saturated heterocycles.